The summed E-state index contributed by atoms with van der Waals surface area (Å²) in [5.74, 6) is -0.599. The number of hydrogen-bond acceptors (Lipinski definition) is 3. The Balaban J connectivity index is 2.42. The number of aromatic nitrogens is 2. The minimum atomic E-state index is -1.09. The molecule has 0 fully saturated rings. The molecule has 0 spiro atoms. The summed E-state index contributed by atoms with van der Waals surface area (Å²) in [6.07, 6.45) is 1.91. The van der Waals surface area contributed by atoms with Crippen molar-refractivity contribution in [2.45, 2.75) is 6.10 Å². The molecular weight excluding hydrogens is 221 g/mol. The van der Waals surface area contributed by atoms with Gasteiger partial charge >= 0.3 is 0 Å². The summed E-state index contributed by atoms with van der Waals surface area (Å²) < 4.78 is 15.3. The van der Waals surface area contributed by atoms with Crippen LogP contribution < -0.4 is 0 Å². The van der Waals surface area contributed by atoms with Crippen LogP contribution in [0.1, 0.15) is 22.9 Å². The predicted octanol–water partition coefficient (Wildman–Crippen LogP) is 1.51. The molecule has 1 N–H and O–H groups in total. The van der Waals surface area contributed by atoms with Crippen LogP contribution in [0.4, 0.5) is 4.39 Å². The van der Waals surface area contributed by atoms with Crippen LogP contribution in [-0.4, -0.2) is 14.7 Å². The summed E-state index contributed by atoms with van der Waals surface area (Å²) in [6, 6.07) is 5.83. The van der Waals surface area contributed by atoms with Gasteiger partial charge in [0.05, 0.1) is 29.9 Å². The molecule has 2 rings (SSSR count). The highest BCUT2D eigenvalue weighted by molar-refractivity contribution is 5.35. The van der Waals surface area contributed by atoms with Crippen molar-refractivity contribution >= 4 is 0 Å². The molecule has 1 atom stereocenters. The van der Waals surface area contributed by atoms with Gasteiger partial charge in [-0.3, -0.25) is 0 Å². The summed E-state index contributed by atoms with van der Waals surface area (Å²) in [7, 11) is 1.72. The maximum atomic E-state index is 13.7. The van der Waals surface area contributed by atoms with E-state index in [-0.39, 0.29) is 11.1 Å². The standard InChI is InChI=1S/C12H10FN3O/c1-16-7-15-6-11(16)12(17)9-3-2-8(5-14)4-10(9)13/h2-4,6-7,12,17H,1H3. The van der Waals surface area contributed by atoms with E-state index in [1.807, 2.05) is 6.07 Å². The number of rotatable bonds is 2. The molecule has 1 unspecified atom stereocenters. The third-order valence-corrected chi connectivity index (χ3v) is 2.56. The van der Waals surface area contributed by atoms with E-state index in [1.165, 1.54) is 24.7 Å². The molecule has 5 heteroatoms. The molecule has 4 nitrogen and oxygen atoms in total. The SMILES string of the molecule is Cn1cncc1C(O)c1ccc(C#N)cc1F. The summed E-state index contributed by atoms with van der Waals surface area (Å²) in [4.78, 5) is 3.86. The van der Waals surface area contributed by atoms with Gasteiger partial charge in [-0.15, -0.1) is 0 Å². The second kappa shape index (κ2) is 4.36. The Kier molecular flexibility index (Phi) is 2.90. The van der Waals surface area contributed by atoms with Gasteiger partial charge in [-0.25, -0.2) is 9.37 Å². The van der Waals surface area contributed by atoms with Gasteiger partial charge in [0, 0.05) is 12.6 Å². The van der Waals surface area contributed by atoms with Crippen LogP contribution >= 0.6 is 0 Å². The highest BCUT2D eigenvalue weighted by Crippen LogP contribution is 2.24. The maximum Gasteiger partial charge on any atom is 0.130 e. The lowest BCUT2D eigenvalue weighted by molar-refractivity contribution is 0.206. The largest absolute Gasteiger partial charge is 0.382 e. The summed E-state index contributed by atoms with van der Waals surface area (Å²) in [6.45, 7) is 0. The van der Waals surface area contributed by atoms with E-state index in [4.69, 9.17) is 5.26 Å². The number of nitriles is 1. The molecule has 17 heavy (non-hydrogen) atoms. The molecule has 0 radical (unpaired) electrons. The number of benzene rings is 1. The topological polar surface area (TPSA) is 61.8 Å². The Bertz CT molecular complexity index is 586. The molecule has 0 aliphatic heterocycles. The van der Waals surface area contributed by atoms with Gasteiger partial charge in [-0.2, -0.15) is 5.26 Å². The van der Waals surface area contributed by atoms with Crippen molar-refractivity contribution in [1.29, 1.82) is 5.26 Å². The van der Waals surface area contributed by atoms with E-state index in [2.05, 4.69) is 4.98 Å². The van der Waals surface area contributed by atoms with Crippen molar-refractivity contribution in [2.24, 2.45) is 7.05 Å². The van der Waals surface area contributed by atoms with Crippen LogP contribution in [0.15, 0.2) is 30.7 Å². The molecule has 0 saturated carbocycles. The first-order valence-corrected chi connectivity index (χ1v) is 4.97. The number of hydrogen-bond donors (Lipinski definition) is 1. The number of aryl methyl sites for hydroxylation is 1. The zero-order valence-corrected chi connectivity index (χ0v) is 9.13. The van der Waals surface area contributed by atoms with Gasteiger partial charge in [-0.05, 0) is 12.1 Å². The molecule has 0 bridgehead atoms. The first kappa shape index (κ1) is 11.3. The quantitative estimate of drug-likeness (QED) is 0.852. The molecule has 0 aliphatic carbocycles. The van der Waals surface area contributed by atoms with Crippen molar-refractivity contribution in [2.75, 3.05) is 0 Å². The zero-order chi connectivity index (χ0) is 12.4. The molecule has 1 heterocycles. The highest BCUT2D eigenvalue weighted by Gasteiger charge is 2.17. The van der Waals surface area contributed by atoms with E-state index in [1.54, 1.807) is 11.6 Å². The van der Waals surface area contributed by atoms with E-state index in [0.717, 1.165) is 6.07 Å². The van der Waals surface area contributed by atoms with Crippen LogP contribution in [-0.2, 0) is 7.05 Å². The molecule has 0 aliphatic rings. The Morgan fingerprint density at radius 1 is 1.53 bits per heavy atom. The first-order valence-electron chi connectivity index (χ1n) is 4.97. The number of halogens is 1. The Hall–Kier alpha value is -2.19. The lowest BCUT2D eigenvalue weighted by Gasteiger charge is -2.12. The van der Waals surface area contributed by atoms with Gasteiger partial charge in [0.1, 0.15) is 11.9 Å². The Morgan fingerprint density at radius 3 is 2.82 bits per heavy atom. The first-order chi connectivity index (χ1) is 8.13. The van der Waals surface area contributed by atoms with E-state index in [0.29, 0.717) is 5.69 Å². The van der Waals surface area contributed by atoms with Gasteiger partial charge in [0.25, 0.3) is 0 Å². The fraction of sp³-hybridized carbons (Fsp3) is 0.167. The maximum absolute atomic E-state index is 13.7. The monoisotopic (exact) mass is 231 g/mol. The smallest absolute Gasteiger partial charge is 0.130 e. The molecule has 0 saturated heterocycles. The molecule has 1 aromatic heterocycles. The fourth-order valence-electron chi connectivity index (χ4n) is 1.61. The van der Waals surface area contributed by atoms with Crippen molar-refractivity contribution in [3.05, 3.63) is 53.4 Å². The predicted molar refractivity (Wildman–Crippen MR) is 58.4 cm³/mol. The van der Waals surface area contributed by atoms with E-state index in [9.17, 15) is 9.50 Å². The molecule has 86 valence electrons. The zero-order valence-electron chi connectivity index (χ0n) is 9.13. The van der Waals surface area contributed by atoms with Crippen molar-refractivity contribution in [1.82, 2.24) is 9.55 Å². The molecule has 0 amide bonds. The Morgan fingerprint density at radius 2 is 2.29 bits per heavy atom. The summed E-state index contributed by atoms with van der Waals surface area (Å²) in [5.41, 5.74) is 0.852. The van der Waals surface area contributed by atoms with Crippen molar-refractivity contribution in [3.8, 4) is 6.07 Å². The fourth-order valence-corrected chi connectivity index (χ4v) is 1.61. The number of aliphatic hydroxyl groups is 1. The van der Waals surface area contributed by atoms with Gasteiger partial charge in [0.15, 0.2) is 0 Å². The number of imidazole rings is 1. The van der Waals surface area contributed by atoms with Gasteiger partial charge < -0.3 is 9.67 Å². The molecule has 1 aromatic carbocycles. The highest BCUT2D eigenvalue weighted by atomic mass is 19.1. The lowest BCUT2D eigenvalue weighted by atomic mass is 10.0. The van der Waals surface area contributed by atoms with Crippen molar-refractivity contribution < 1.29 is 9.50 Å². The number of nitrogens with zero attached hydrogens (tertiary/aromatic N) is 3. The number of aliphatic hydroxyl groups excluding tert-OH is 1. The van der Waals surface area contributed by atoms with E-state index >= 15 is 0 Å². The minimum Gasteiger partial charge on any atom is -0.382 e. The normalized spacial score (nSPS) is 12.1. The average Bonchev–Trinajstić information content (AvgIpc) is 2.74. The summed E-state index contributed by atoms with van der Waals surface area (Å²) in [5, 5.41) is 18.6. The molecular formula is C12H10FN3O. The van der Waals surface area contributed by atoms with Crippen LogP contribution in [0, 0.1) is 17.1 Å². The Labute approximate surface area is 97.6 Å². The second-order valence-corrected chi connectivity index (χ2v) is 3.68. The third kappa shape index (κ3) is 2.03. The summed E-state index contributed by atoms with van der Waals surface area (Å²) >= 11 is 0. The van der Waals surface area contributed by atoms with Crippen molar-refractivity contribution in [3.63, 3.8) is 0 Å². The lowest BCUT2D eigenvalue weighted by Crippen LogP contribution is -2.07. The van der Waals surface area contributed by atoms with E-state index < -0.39 is 11.9 Å². The second-order valence-electron chi connectivity index (χ2n) is 3.68. The minimum absolute atomic E-state index is 0.132. The van der Waals surface area contributed by atoms with Crippen LogP contribution in [0.3, 0.4) is 0 Å². The van der Waals surface area contributed by atoms with Crippen LogP contribution in [0.5, 0.6) is 0 Å². The average molecular weight is 231 g/mol. The third-order valence-electron chi connectivity index (χ3n) is 2.56. The van der Waals surface area contributed by atoms with Crippen LogP contribution in [0.2, 0.25) is 0 Å². The van der Waals surface area contributed by atoms with Gasteiger partial charge in [-0.1, -0.05) is 6.07 Å². The molecule has 2 aromatic rings. The van der Waals surface area contributed by atoms with Gasteiger partial charge in [0.2, 0.25) is 0 Å². The van der Waals surface area contributed by atoms with Crippen LogP contribution in [0.25, 0.3) is 0 Å².